The number of morpholine rings is 1. The Morgan fingerprint density at radius 1 is 1.43 bits per heavy atom. The lowest BCUT2D eigenvalue weighted by atomic mass is 9.99. The molecular formula is C16H24F2N2O. The first-order chi connectivity index (χ1) is 10.1. The second-order valence-corrected chi connectivity index (χ2v) is 5.54. The van der Waals surface area contributed by atoms with Crippen LogP contribution >= 0.6 is 0 Å². The Bertz CT molecular complexity index is 454. The minimum Gasteiger partial charge on any atom is -0.374 e. The standard InChI is InChI=1S/C16H24F2N2O/c1-3-6-20-7-8-21-16(11-20)15(19-2)9-12-4-5-13(17)10-14(12)18/h4-5,10,15-16,19H,3,6-9,11H2,1-2H3. The maximum absolute atomic E-state index is 13.8. The van der Waals surface area contributed by atoms with E-state index in [-0.39, 0.29) is 12.1 Å². The van der Waals surface area contributed by atoms with Crippen LogP contribution < -0.4 is 5.32 Å². The lowest BCUT2D eigenvalue weighted by Crippen LogP contribution is -2.52. The maximum Gasteiger partial charge on any atom is 0.129 e. The summed E-state index contributed by atoms with van der Waals surface area (Å²) in [6.45, 7) is 5.72. The van der Waals surface area contributed by atoms with Crippen molar-refractivity contribution in [3.8, 4) is 0 Å². The predicted octanol–water partition coefficient (Wildman–Crippen LogP) is 2.21. The summed E-state index contributed by atoms with van der Waals surface area (Å²) in [5, 5.41) is 3.21. The monoisotopic (exact) mass is 298 g/mol. The van der Waals surface area contributed by atoms with Gasteiger partial charge in [-0.3, -0.25) is 4.90 Å². The zero-order chi connectivity index (χ0) is 15.2. The summed E-state index contributed by atoms with van der Waals surface area (Å²) in [5.41, 5.74) is 0.520. The molecule has 1 fully saturated rings. The third-order valence-electron chi connectivity index (χ3n) is 3.99. The summed E-state index contributed by atoms with van der Waals surface area (Å²) in [6, 6.07) is 3.77. The molecule has 2 atom stereocenters. The summed E-state index contributed by atoms with van der Waals surface area (Å²) in [7, 11) is 1.86. The smallest absolute Gasteiger partial charge is 0.129 e. The van der Waals surface area contributed by atoms with Crippen LogP contribution in [0.5, 0.6) is 0 Å². The van der Waals surface area contributed by atoms with E-state index in [1.54, 1.807) is 0 Å². The number of halogens is 2. The number of ether oxygens (including phenoxy) is 1. The molecule has 2 rings (SSSR count). The van der Waals surface area contributed by atoms with Crippen LogP contribution in [0.3, 0.4) is 0 Å². The highest BCUT2D eigenvalue weighted by atomic mass is 19.1. The first kappa shape index (κ1) is 16.3. The molecule has 0 aromatic heterocycles. The van der Waals surface area contributed by atoms with Crippen LogP contribution in [-0.4, -0.2) is 50.3 Å². The summed E-state index contributed by atoms with van der Waals surface area (Å²) >= 11 is 0. The zero-order valence-electron chi connectivity index (χ0n) is 12.7. The average Bonchev–Trinajstić information content (AvgIpc) is 2.47. The van der Waals surface area contributed by atoms with Crippen molar-refractivity contribution in [3.63, 3.8) is 0 Å². The molecule has 1 saturated heterocycles. The Morgan fingerprint density at radius 2 is 2.24 bits per heavy atom. The molecule has 0 bridgehead atoms. The van der Waals surface area contributed by atoms with E-state index in [0.717, 1.165) is 32.1 Å². The summed E-state index contributed by atoms with van der Waals surface area (Å²) in [5.74, 6) is -1.03. The van der Waals surface area contributed by atoms with Gasteiger partial charge in [0, 0.05) is 25.2 Å². The van der Waals surface area contributed by atoms with Crippen molar-refractivity contribution in [1.29, 1.82) is 0 Å². The van der Waals surface area contributed by atoms with Crippen LogP contribution in [0.1, 0.15) is 18.9 Å². The van der Waals surface area contributed by atoms with Crippen LogP contribution in [0, 0.1) is 11.6 Å². The van der Waals surface area contributed by atoms with Crippen LogP contribution in [0.4, 0.5) is 8.78 Å². The van der Waals surface area contributed by atoms with Gasteiger partial charge in [0.25, 0.3) is 0 Å². The Morgan fingerprint density at radius 3 is 2.90 bits per heavy atom. The van der Waals surface area contributed by atoms with Crippen LogP contribution in [-0.2, 0) is 11.2 Å². The highest BCUT2D eigenvalue weighted by Gasteiger charge is 2.27. The fraction of sp³-hybridized carbons (Fsp3) is 0.625. The molecule has 0 radical (unpaired) electrons. The Hall–Kier alpha value is -1.04. The number of hydrogen-bond acceptors (Lipinski definition) is 3. The van der Waals surface area contributed by atoms with Gasteiger partial charge in [-0.2, -0.15) is 0 Å². The molecule has 3 nitrogen and oxygen atoms in total. The number of hydrogen-bond donors (Lipinski definition) is 1. The fourth-order valence-electron chi connectivity index (χ4n) is 2.84. The van der Waals surface area contributed by atoms with Crippen molar-refractivity contribution < 1.29 is 13.5 Å². The predicted molar refractivity (Wildman–Crippen MR) is 79.4 cm³/mol. The lowest BCUT2D eigenvalue weighted by Gasteiger charge is -2.37. The van der Waals surface area contributed by atoms with E-state index >= 15 is 0 Å². The van der Waals surface area contributed by atoms with Crippen molar-refractivity contribution in [2.45, 2.75) is 31.9 Å². The molecule has 1 N–H and O–H groups in total. The Balaban J connectivity index is 2.01. The average molecular weight is 298 g/mol. The van der Waals surface area contributed by atoms with Crippen molar-refractivity contribution in [3.05, 3.63) is 35.4 Å². The molecule has 1 aliphatic heterocycles. The van der Waals surface area contributed by atoms with Gasteiger partial charge < -0.3 is 10.1 Å². The van der Waals surface area contributed by atoms with Gasteiger partial charge in [0.2, 0.25) is 0 Å². The molecule has 5 heteroatoms. The maximum atomic E-state index is 13.8. The molecule has 0 spiro atoms. The van der Waals surface area contributed by atoms with Crippen molar-refractivity contribution >= 4 is 0 Å². The van der Waals surface area contributed by atoms with Gasteiger partial charge in [-0.25, -0.2) is 8.78 Å². The van der Waals surface area contributed by atoms with E-state index < -0.39 is 11.6 Å². The number of benzene rings is 1. The molecule has 21 heavy (non-hydrogen) atoms. The quantitative estimate of drug-likeness (QED) is 0.871. The van der Waals surface area contributed by atoms with Gasteiger partial charge in [-0.05, 0) is 38.1 Å². The third-order valence-corrected chi connectivity index (χ3v) is 3.99. The van der Waals surface area contributed by atoms with Crippen LogP contribution in [0.25, 0.3) is 0 Å². The molecule has 0 amide bonds. The van der Waals surface area contributed by atoms with Gasteiger partial charge >= 0.3 is 0 Å². The normalized spacial score (nSPS) is 21.4. The highest BCUT2D eigenvalue weighted by molar-refractivity contribution is 5.20. The van der Waals surface area contributed by atoms with E-state index in [9.17, 15) is 8.78 Å². The Kier molecular flexibility index (Phi) is 6.08. The molecular weight excluding hydrogens is 274 g/mol. The van der Waals surface area contributed by atoms with Crippen LogP contribution in [0.2, 0.25) is 0 Å². The van der Waals surface area contributed by atoms with E-state index in [0.29, 0.717) is 18.6 Å². The van der Waals surface area contributed by atoms with Gasteiger partial charge in [0.1, 0.15) is 11.6 Å². The molecule has 2 unspecified atom stereocenters. The molecule has 118 valence electrons. The molecule has 1 aromatic carbocycles. The van der Waals surface area contributed by atoms with Gasteiger partial charge in [-0.1, -0.05) is 13.0 Å². The molecule has 0 saturated carbocycles. The van der Waals surface area contributed by atoms with E-state index in [1.807, 2.05) is 7.05 Å². The second-order valence-electron chi connectivity index (χ2n) is 5.54. The zero-order valence-corrected chi connectivity index (χ0v) is 12.7. The van der Waals surface area contributed by atoms with Crippen molar-refractivity contribution in [2.24, 2.45) is 0 Å². The van der Waals surface area contributed by atoms with E-state index in [1.165, 1.54) is 12.1 Å². The number of nitrogens with one attached hydrogen (secondary N) is 1. The first-order valence-electron chi connectivity index (χ1n) is 7.59. The van der Waals surface area contributed by atoms with E-state index in [4.69, 9.17) is 4.74 Å². The third kappa shape index (κ3) is 4.46. The highest BCUT2D eigenvalue weighted by Crippen LogP contribution is 2.16. The van der Waals surface area contributed by atoms with Crippen LogP contribution in [0.15, 0.2) is 18.2 Å². The van der Waals surface area contributed by atoms with Gasteiger partial charge in [-0.15, -0.1) is 0 Å². The molecule has 1 aromatic rings. The number of likely N-dealkylation sites (N-methyl/N-ethyl adjacent to an activating group) is 1. The van der Waals surface area contributed by atoms with Crippen molar-refractivity contribution in [1.82, 2.24) is 10.2 Å². The molecule has 0 aliphatic carbocycles. The minimum absolute atomic E-state index is 0.0182. The number of nitrogens with zero attached hydrogens (tertiary/aromatic N) is 1. The van der Waals surface area contributed by atoms with E-state index in [2.05, 4.69) is 17.1 Å². The topological polar surface area (TPSA) is 24.5 Å². The minimum atomic E-state index is -0.541. The second kappa shape index (κ2) is 7.82. The SMILES string of the molecule is CCCN1CCOC(C(Cc2ccc(F)cc2F)NC)C1. The fourth-order valence-corrected chi connectivity index (χ4v) is 2.84. The Labute approximate surface area is 125 Å². The summed E-state index contributed by atoms with van der Waals surface area (Å²) in [6.07, 6.45) is 1.64. The summed E-state index contributed by atoms with van der Waals surface area (Å²) in [4.78, 5) is 2.37. The molecule has 1 aliphatic rings. The van der Waals surface area contributed by atoms with Gasteiger partial charge in [0.15, 0.2) is 0 Å². The van der Waals surface area contributed by atoms with Crippen molar-refractivity contribution in [2.75, 3.05) is 33.3 Å². The number of rotatable bonds is 6. The van der Waals surface area contributed by atoms with Gasteiger partial charge in [0.05, 0.1) is 12.7 Å². The molecule has 1 heterocycles. The summed E-state index contributed by atoms with van der Waals surface area (Å²) < 4.78 is 32.6. The largest absolute Gasteiger partial charge is 0.374 e. The first-order valence-corrected chi connectivity index (χ1v) is 7.59. The lowest BCUT2D eigenvalue weighted by molar-refractivity contribution is -0.0451.